The Balaban J connectivity index is 1.87. The van der Waals surface area contributed by atoms with Crippen LogP contribution in [0.4, 0.5) is 5.69 Å². The van der Waals surface area contributed by atoms with Crippen LogP contribution in [0.25, 0.3) is 11.1 Å². The van der Waals surface area contributed by atoms with Crippen LogP contribution < -0.4 is 5.32 Å². The maximum Gasteiger partial charge on any atom is 0.257 e. The van der Waals surface area contributed by atoms with Crippen LogP contribution in [0.3, 0.4) is 0 Å². The van der Waals surface area contributed by atoms with E-state index in [1.54, 1.807) is 25.1 Å². The molecule has 2 heterocycles. The van der Waals surface area contributed by atoms with E-state index in [-0.39, 0.29) is 17.2 Å². The first-order valence-corrected chi connectivity index (χ1v) is 5.94. The number of pyridine rings is 1. The number of carbonyl (C=O) groups is 1. The summed E-state index contributed by atoms with van der Waals surface area (Å²) in [6.45, 7) is 1.76. The van der Waals surface area contributed by atoms with Gasteiger partial charge in [0.15, 0.2) is 11.5 Å². The minimum Gasteiger partial charge on any atom is -0.506 e. The van der Waals surface area contributed by atoms with Crippen LogP contribution in [-0.2, 0) is 0 Å². The molecule has 0 saturated carbocycles. The zero-order chi connectivity index (χ0) is 14.1. The maximum absolute atomic E-state index is 12.0. The zero-order valence-electron chi connectivity index (χ0n) is 10.6. The van der Waals surface area contributed by atoms with E-state index in [4.69, 9.17) is 4.42 Å². The Morgan fingerprint density at radius 2 is 2.15 bits per heavy atom. The van der Waals surface area contributed by atoms with E-state index < -0.39 is 0 Å². The van der Waals surface area contributed by atoms with Gasteiger partial charge < -0.3 is 14.8 Å². The number of carbonyl (C=O) groups excluding carboxylic acids is 1. The van der Waals surface area contributed by atoms with E-state index in [2.05, 4.69) is 15.3 Å². The molecule has 0 atom stereocenters. The highest BCUT2D eigenvalue weighted by Gasteiger charge is 2.09. The third-order valence-corrected chi connectivity index (χ3v) is 2.74. The molecule has 0 unspecified atom stereocenters. The molecular formula is C14H11N3O3. The molecule has 6 heteroatoms. The number of aromatic nitrogens is 2. The smallest absolute Gasteiger partial charge is 0.257 e. The molecule has 0 spiro atoms. The van der Waals surface area contributed by atoms with E-state index in [9.17, 15) is 9.90 Å². The molecule has 0 aliphatic heterocycles. The number of aryl methyl sites for hydroxylation is 1. The Morgan fingerprint density at radius 3 is 2.95 bits per heavy atom. The van der Waals surface area contributed by atoms with Gasteiger partial charge in [0, 0.05) is 18.8 Å². The molecule has 0 aliphatic carbocycles. The lowest BCUT2D eigenvalue weighted by Crippen LogP contribution is -2.11. The van der Waals surface area contributed by atoms with Crippen molar-refractivity contribution in [1.82, 2.24) is 9.97 Å². The fourth-order valence-electron chi connectivity index (χ4n) is 1.88. The summed E-state index contributed by atoms with van der Waals surface area (Å²) in [5.74, 6) is 0.161. The summed E-state index contributed by atoms with van der Waals surface area (Å²) in [6, 6.07) is 6.54. The Labute approximate surface area is 114 Å². The molecule has 0 radical (unpaired) electrons. The average molecular weight is 269 g/mol. The topological polar surface area (TPSA) is 88.2 Å². The highest BCUT2D eigenvalue weighted by molar-refractivity contribution is 6.04. The van der Waals surface area contributed by atoms with Gasteiger partial charge in [-0.3, -0.25) is 9.78 Å². The molecule has 6 nitrogen and oxygen atoms in total. The molecule has 100 valence electrons. The van der Waals surface area contributed by atoms with Crippen molar-refractivity contribution in [2.24, 2.45) is 0 Å². The van der Waals surface area contributed by atoms with Crippen LogP contribution in [-0.4, -0.2) is 21.0 Å². The number of fused-ring (bicyclic) bond motifs is 1. The molecule has 0 fully saturated rings. The van der Waals surface area contributed by atoms with Gasteiger partial charge in [-0.05, 0) is 24.3 Å². The SMILES string of the molecule is Cc1nc2cc(NC(=O)c3cncc(O)c3)ccc2o1. The first kappa shape index (κ1) is 12.2. The predicted octanol–water partition coefficient (Wildman–Crippen LogP) is 2.49. The van der Waals surface area contributed by atoms with Crippen molar-refractivity contribution in [2.45, 2.75) is 6.92 Å². The van der Waals surface area contributed by atoms with E-state index in [1.807, 2.05) is 0 Å². The van der Waals surface area contributed by atoms with Crippen molar-refractivity contribution in [3.05, 3.63) is 48.1 Å². The van der Waals surface area contributed by atoms with Gasteiger partial charge in [0.1, 0.15) is 11.3 Å². The number of nitrogens with zero attached hydrogens (tertiary/aromatic N) is 2. The first-order chi connectivity index (χ1) is 9.61. The van der Waals surface area contributed by atoms with Gasteiger partial charge in [-0.2, -0.15) is 0 Å². The largest absolute Gasteiger partial charge is 0.506 e. The second-order valence-electron chi connectivity index (χ2n) is 4.30. The summed E-state index contributed by atoms with van der Waals surface area (Å²) in [5.41, 5.74) is 2.22. The Kier molecular flexibility index (Phi) is 2.83. The van der Waals surface area contributed by atoms with Crippen LogP contribution in [0.15, 0.2) is 41.1 Å². The number of hydrogen-bond donors (Lipinski definition) is 2. The molecule has 0 saturated heterocycles. The summed E-state index contributed by atoms with van der Waals surface area (Å²) < 4.78 is 5.36. The third-order valence-electron chi connectivity index (χ3n) is 2.74. The number of oxazole rings is 1. The van der Waals surface area contributed by atoms with Gasteiger partial charge in [-0.1, -0.05) is 0 Å². The summed E-state index contributed by atoms with van der Waals surface area (Å²) >= 11 is 0. The van der Waals surface area contributed by atoms with Crippen molar-refractivity contribution in [1.29, 1.82) is 0 Å². The number of rotatable bonds is 2. The van der Waals surface area contributed by atoms with Crippen molar-refractivity contribution < 1.29 is 14.3 Å². The fraction of sp³-hybridized carbons (Fsp3) is 0.0714. The van der Waals surface area contributed by atoms with Crippen LogP contribution in [0, 0.1) is 6.92 Å². The number of benzene rings is 1. The lowest BCUT2D eigenvalue weighted by Gasteiger charge is -2.04. The summed E-state index contributed by atoms with van der Waals surface area (Å²) in [7, 11) is 0. The van der Waals surface area contributed by atoms with E-state index in [0.29, 0.717) is 22.7 Å². The maximum atomic E-state index is 12.0. The number of amides is 1. The normalized spacial score (nSPS) is 10.7. The van der Waals surface area contributed by atoms with E-state index in [1.165, 1.54) is 18.5 Å². The number of hydrogen-bond acceptors (Lipinski definition) is 5. The van der Waals surface area contributed by atoms with Gasteiger partial charge in [0.25, 0.3) is 5.91 Å². The molecule has 20 heavy (non-hydrogen) atoms. The molecule has 2 aromatic heterocycles. The van der Waals surface area contributed by atoms with Gasteiger partial charge in [-0.15, -0.1) is 0 Å². The minimum absolute atomic E-state index is 0.0553. The molecule has 0 bridgehead atoms. The van der Waals surface area contributed by atoms with Gasteiger partial charge >= 0.3 is 0 Å². The molecule has 2 N–H and O–H groups in total. The lowest BCUT2D eigenvalue weighted by atomic mass is 10.2. The standard InChI is InChI=1S/C14H11N3O3/c1-8-16-12-5-10(2-3-13(12)20-8)17-14(19)9-4-11(18)7-15-6-9/h2-7,18H,1H3,(H,17,19). The van der Waals surface area contributed by atoms with Crippen LogP contribution in [0.1, 0.15) is 16.2 Å². The Hall–Kier alpha value is -2.89. The van der Waals surface area contributed by atoms with Crippen LogP contribution in [0.5, 0.6) is 5.75 Å². The summed E-state index contributed by atoms with van der Waals surface area (Å²) in [6.07, 6.45) is 2.65. The molecule has 3 rings (SSSR count). The van der Waals surface area contributed by atoms with Crippen LogP contribution >= 0.6 is 0 Å². The fourth-order valence-corrected chi connectivity index (χ4v) is 1.88. The zero-order valence-corrected chi connectivity index (χ0v) is 10.6. The lowest BCUT2D eigenvalue weighted by molar-refractivity contribution is 0.102. The van der Waals surface area contributed by atoms with Crippen molar-refractivity contribution >= 4 is 22.7 Å². The van der Waals surface area contributed by atoms with E-state index in [0.717, 1.165) is 0 Å². The highest BCUT2D eigenvalue weighted by atomic mass is 16.3. The molecule has 0 aliphatic rings. The Morgan fingerprint density at radius 1 is 1.30 bits per heavy atom. The Bertz CT molecular complexity index is 795. The summed E-state index contributed by atoms with van der Waals surface area (Å²) in [4.78, 5) is 20.0. The molecule has 1 aromatic carbocycles. The van der Waals surface area contributed by atoms with Gasteiger partial charge in [0.2, 0.25) is 0 Å². The second-order valence-corrected chi connectivity index (χ2v) is 4.30. The van der Waals surface area contributed by atoms with Gasteiger partial charge in [-0.25, -0.2) is 4.98 Å². The monoisotopic (exact) mass is 269 g/mol. The second kappa shape index (κ2) is 4.65. The van der Waals surface area contributed by atoms with Crippen LogP contribution in [0.2, 0.25) is 0 Å². The van der Waals surface area contributed by atoms with E-state index >= 15 is 0 Å². The van der Waals surface area contributed by atoms with Gasteiger partial charge in [0.05, 0.1) is 11.8 Å². The minimum atomic E-state index is -0.354. The van der Waals surface area contributed by atoms with Crippen molar-refractivity contribution in [2.75, 3.05) is 5.32 Å². The van der Waals surface area contributed by atoms with Crippen molar-refractivity contribution in [3.63, 3.8) is 0 Å². The molecule has 1 amide bonds. The predicted molar refractivity (Wildman–Crippen MR) is 72.6 cm³/mol. The summed E-state index contributed by atoms with van der Waals surface area (Å²) in [5, 5.41) is 12.0. The number of aromatic hydroxyl groups is 1. The number of anilines is 1. The quantitative estimate of drug-likeness (QED) is 0.746. The highest BCUT2D eigenvalue weighted by Crippen LogP contribution is 2.20. The van der Waals surface area contributed by atoms with Crippen molar-refractivity contribution in [3.8, 4) is 5.75 Å². The molecule has 3 aromatic rings. The first-order valence-electron chi connectivity index (χ1n) is 5.94. The number of nitrogens with one attached hydrogen (secondary N) is 1. The molecular weight excluding hydrogens is 258 g/mol. The average Bonchev–Trinajstić information content (AvgIpc) is 2.78. The third kappa shape index (κ3) is 2.31.